The molecule has 0 aliphatic heterocycles. The molecule has 98 valence electrons. The zero-order valence-electron chi connectivity index (χ0n) is 9.88. The summed E-state index contributed by atoms with van der Waals surface area (Å²) in [5.74, 6) is -0.280. The van der Waals surface area contributed by atoms with Gasteiger partial charge in [0.25, 0.3) is 5.69 Å². The average Bonchev–Trinajstić information content (AvgIpc) is 2.36. The van der Waals surface area contributed by atoms with Crippen LogP contribution in [-0.2, 0) is 9.53 Å². The summed E-state index contributed by atoms with van der Waals surface area (Å²) in [4.78, 5) is 21.6. The molecule has 1 atom stereocenters. The van der Waals surface area contributed by atoms with Crippen LogP contribution in [0.15, 0.2) is 22.7 Å². The maximum atomic E-state index is 11.4. The Balaban J connectivity index is 3.00. The first-order valence-corrected chi connectivity index (χ1v) is 5.98. The van der Waals surface area contributed by atoms with Crippen molar-refractivity contribution in [1.29, 1.82) is 0 Å². The van der Waals surface area contributed by atoms with E-state index in [0.29, 0.717) is 6.42 Å². The highest BCUT2D eigenvalue weighted by atomic mass is 79.9. The molecule has 0 N–H and O–H groups in total. The van der Waals surface area contributed by atoms with Gasteiger partial charge < -0.3 is 9.47 Å². The second kappa shape index (κ2) is 6.34. The minimum Gasteiger partial charge on any atom is -0.477 e. The van der Waals surface area contributed by atoms with Crippen LogP contribution in [0.1, 0.15) is 13.3 Å². The number of carbonyl (C=O) groups is 1. The van der Waals surface area contributed by atoms with Crippen molar-refractivity contribution < 1.29 is 19.2 Å². The summed E-state index contributed by atoms with van der Waals surface area (Å²) >= 11 is 3.09. The van der Waals surface area contributed by atoms with Crippen LogP contribution in [0, 0.1) is 10.1 Å². The molecule has 1 aromatic rings. The van der Waals surface area contributed by atoms with Crippen molar-refractivity contribution in [2.75, 3.05) is 7.11 Å². The number of ether oxygens (including phenoxy) is 2. The SMILES string of the molecule is CCC(Oc1cccc([N+](=O)[O-])c1Br)C(=O)OC. The van der Waals surface area contributed by atoms with Crippen molar-refractivity contribution >= 4 is 27.6 Å². The van der Waals surface area contributed by atoms with Gasteiger partial charge in [0.15, 0.2) is 6.10 Å². The average molecular weight is 318 g/mol. The first-order chi connectivity index (χ1) is 8.51. The molecule has 0 bridgehead atoms. The van der Waals surface area contributed by atoms with Gasteiger partial charge in [-0.05, 0) is 28.4 Å². The number of esters is 1. The lowest BCUT2D eigenvalue weighted by molar-refractivity contribution is -0.385. The Morgan fingerprint density at radius 1 is 1.56 bits per heavy atom. The van der Waals surface area contributed by atoms with E-state index in [1.54, 1.807) is 13.0 Å². The van der Waals surface area contributed by atoms with E-state index in [0.717, 1.165) is 0 Å². The predicted octanol–water partition coefficient (Wildman–Crippen LogP) is 2.69. The maximum Gasteiger partial charge on any atom is 0.347 e. The Kier molecular flexibility index (Phi) is 5.08. The molecule has 0 aliphatic carbocycles. The lowest BCUT2D eigenvalue weighted by Crippen LogP contribution is -2.27. The van der Waals surface area contributed by atoms with Crippen LogP contribution in [0.4, 0.5) is 5.69 Å². The van der Waals surface area contributed by atoms with Gasteiger partial charge in [-0.1, -0.05) is 13.0 Å². The van der Waals surface area contributed by atoms with Crippen LogP contribution in [0.2, 0.25) is 0 Å². The minimum absolute atomic E-state index is 0.118. The lowest BCUT2D eigenvalue weighted by Gasteiger charge is -2.15. The fourth-order valence-electron chi connectivity index (χ4n) is 1.31. The summed E-state index contributed by atoms with van der Waals surface area (Å²) < 4.78 is 10.2. The lowest BCUT2D eigenvalue weighted by atomic mass is 10.2. The van der Waals surface area contributed by atoms with Crippen molar-refractivity contribution in [3.05, 3.63) is 32.8 Å². The summed E-state index contributed by atoms with van der Waals surface area (Å²) in [7, 11) is 1.26. The van der Waals surface area contributed by atoms with Gasteiger partial charge in [0, 0.05) is 6.07 Å². The molecule has 0 heterocycles. The highest BCUT2D eigenvalue weighted by molar-refractivity contribution is 9.10. The van der Waals surface area contributed by atoms with Crippen molar-refractivity contribution in [2.24, 2.45) is 0 Å². The van der Waals surface area contributed by atoms with Crippen molar-refractivity contribution in [2.45, 2.75) is 19.4 Å². The normalized spacial score (nSPS) is 11.7. The molecule has 0 saturated heterocycles. The van der Waals surface area contributed by atoms with Crippen LogP contribution < -0.4 is 4.74 Å². The number of rotatable bonds is 5. The molecule has 0 amide bonds. The standard InChI is InChI=1S/C11H12BrNO5/c1-3-8(11(14)17-2)18-9-6-4-5-7(10(9)12)13(15)16/h4-6,8H,3H2,1-2H3. The number of nitrogens with zero attached hydrogens (tertiary/aromatic N) is 1. The topological polar surface area (TPSA) is 78.7 Å². The molecule has 1 rings (SSSR count). The van der Waals surface area contributed by atoms with Crippen LogP contribution in [0.3, 0.4) is 0 Å². The van der Waals surface area contributed by atoms with Gasteiger partial charge in [-0.3, -0.25) is 10.1 Å². The third-order valence-corrected chi connectivity index (χ3v) is 3.04. The Labute approximate surface area is 112 Å². The van der Waals surface area contributed by atoms with Gasteiger partial charge in [-0.25, -0.2) is 4.79 Å². The second-order valence-corrected chi connectivity index (χ2v) is 4.18. The molecule has 0 aliphatic rings. The number of nitro benzene ring substituents is 1. The first-order valence-electron chi connectivity index (χ1n) is 5.18. The number of nitro groups is 1. The van der Waals surface area contributed by atoms with Gasteiger partial charge in [0.05, 0.1) is 12.0 Å². The quantitative estimate of drug-likeness (QED) is 0.474. The first kappa shape index (κ1) is 14.4. The van der Waals surface area contributed by atoms with Gasteiger partial charge in [0.1, 0.15) is 10.2 Å². The molecule has 0 radical (unpaired) electrons. The second-order valence-electron chi connectivity index (χ2n) is 3.38. The summed E-state index contributed by atoms with van der Waals surface area (Å²) in [5.41, 5.74) is -0.118. The van der Waals surface area contributed by atoms with Gasteiger partial charge in [-0.15, -0.1) is 0 Å². The van der Waals surface area contributed by atoms with E-state index < -0.39 is 17.0 Å². The molecular weight excluding hydrogens is 306 g/mol. The Morgan fingerprint density at radius 3 is 2.72 bits per heavy atom. The molecule has 1 aromatic carbocycles. The molecule has 6 nitrogen and oxygen atoms in total. The van der Waals surface area contributed by atoms with E-state index in [9.17, 15) is 14.9 Å². The highest BCUT2D eigenvalue weighted by Gasteiger charge is 2.23. The van der Waals surface area contributed by atoms with Crippen LogP contribution in [0.25, 0.3) is 0 Å². The predicted molar refractivity (Wildman–Crippen MR) is 67.5 cm³/mol. The fourth-order valence-corrected chi connectivity index (χ4v) is 1.82. The summed E-state index contributed by atoms with van der Waals surface area (Å²) in [6.45, 7) is 1.76. The molecular formula is C11H12BrNO5. The number of methoxy groups -OCH3 is 1. The van der Waals surface area contributed by atoms with Gasteiger partial charge in [-0.2, -0.15) is 0 Å². The third kappa shape index (κ3) is 3.19. The molecule has 0 fully saturated rings. The number of carbonyl (C=O) groups excluding carboxylic acids is 1. The van der Waals surface area contributed by atoms with E-state index in [1.807, 2.05) is 0 Å². The number of halogens is 1. The summed E-state index contributed by atoms with van der Waals surface area (Å²) in [6.07, 6.45) is -0.379. The van der Waals surface area contributed by atoms with Crippen LogP contribution >= 0.6 is 15.9 Å². The van der Waals surface area contributed by atoms with E-state index in [2.05, 4.69) is 20.7 Å². The van der Waals surface area contributed by atoms with Gasteiger partial charge in [0.2, 0.25) is 0 Å². The monoisotopic (exact) mass is 317 g/mol. The van der Waals surface area contributed by atoms with Crippen molar-refractivity contribution in [1.82, 2.24) is 0 Å². The van der Waals surface area contributed by atoms with Crippen molar-refractivity contribution in [3.63, 3.8) is 0 Å². The molecule has 7 heteroatoms. The van der Waals surface area contributed by atoms with Crippen molar-refractivity contribution in [3.8, 4) is 5.75 Å². The highest BCUT2D eigenvalue weighted by Crippen LogP contribution is 2.34. The minimum atomic E-state index is -0.784. The molecule has 18 heavy (non-hydrogen) atoms. The Bertz CT molecular complexity index is 463. The number of benzene rings is 1. The summed E-state index contributed by atoms with van der Waals surface area (Å²) in [5, 5.41) is 10.7. The van der Waals surface area contributed by atoms with E-state index >= 15 is 0 Å². The smallest absolute Gasteiger partial charge is 0.347 e. The molecule has 0 spiro atoms. The molecule has 0 saturated carbocycles. The largest absolute Gasteiger partial charge is 0.477 e. The number of hydrogen-bond acceptors (Lipinski definition) is 5. The Morgan fingerprint density at radius 2 is 2.22 bits per heavy atom. The zero-order chi connectivity index (χ0) is 13.7. The zero-order valence-corrected chi connectivity index (χ0v) is 11.5. The van der Waals surface area contributed by atoms with Crippen LogP contribution in [-0.4, -0.2) is 24.1 Å². The molecule has 0 aromatic heterocycles. The van der Waals surface area contributed by atoms with Gasteiger partial charge >= 0.3 is 5.97 Å². The Hall–Kier alpha value is -1.63. The van der Waals surface area contributed by atoms with E-state index in [1.165, 1.54) is 19.2 Å². The number of hydrogen-bond donors (Lipinski definition) is 0. The van der Waals surface area contributed by atoms with Crippen LogP contribution in [0.5, 0.6) is 5.75 Å². The fraction of sp³-hybridized carbons (Fsp3) is 0.364. The molecule has 1 unspecified atom stereocenters. The van der Waals surface area contributed by atoms with E-state index in [-0.39, 0.29) is 15.9 Å². The summed E-state index contributed by atoms with van der Waals surface area (Å²) in [6, 6.07) is 4.38. The third-order valence-electron chi connectivity index (χ3n) is 2.24. The maximum absolute atomic E-state index is 11.4. The van der Waals surface area contributed by atoms with E-state index in [4.69, 9.17) is 4.74 Å².